The Hall–Kier alpha value is -0.670. The quantitative estimate of drug-likeness (QED) is 0.739. The summed E-state index contributed by atoms with van der Waals surface area (Å²) in [6.07, 6.45) is 1.24. The Kier molecular flexibility index (Phi) is 6.34. The van der Waals surface area contributed by atoms with Gasteiger partial charge in [0, 0.05) is 11.8 Å². The predicted octanol–water partition coefficient (Wildman–Crippen LogP) is 3.10. The van der Waals surface area contributed by atoms with Crippen LogP contribution in [-0.4, -0.2) is 25.7 Å². The van der Waals surface area contributed by atoms with Gasteiger partial charge in [0.15, 0.2) is 0 Å². The van der Waals surface area contributed by atoms with Crippen molar-refractivity contribution in [2.24, 2.45) is 0 Å². The second-order valence-corrected chi connectivity index (χ2v) is 4.84. The van der Waals surface area contributed by atoms with Gasteiger partial charge in [-0.3, -0.25) is 0 Å². The Morgan fingerprint density at radius 3 is 2.88 bits per heavy atom. The van der Waals surface area contributed by atoms with Crippen LogP contribution in [0.3, 0.4) is 0 Å². The van der Waals surface area contributed by atoms with E-state index in [4.69, 9.17) is 4.74 Å². The van der Waals surface area contributed by atoms with E-state index >= 15 is 0 Å². The smallest absolute Gasteiger partial charge is 0.119 e. The summed E-state index contributed by atoms with van der Waals surface area (Å²) in [5, 5.41) is 3.35. The van der Waals surface area contributed by atoms with Crippen LogP contribution in [0.15, 0.2) is 24.3 Å². The second kappa shape index (κ2) is 7.58. The predicted molar refractivity (Wildman–Crippen MR) is 72.4 cm³/mol. The van der Waals surface area contributed by atoms with Crippen molar-refractivity contribution in [1.29, 1.82) is 0 Å². The molecule has 1 rings (SSSR count). The topological polar surface area (TPSA) is 21.3 Å². The lowest BCUT2D eigenvalue weighted by atomic mass is 10.1. The lowest BCUT2D eigenvalue weighted by molar-refractivity contribution is 0.413. The summed E-state index contributed by atoms with van der Waals surface area (Å²) in [6, 6.07) is 8.69. The molecule has 0 amide bonds. The third kappa shape index (κ3) is 4.06. The highest BCUT2D eigenvalue weighted by Crippen LogP contribution is 2.22. The van der Waals surface area contributed by atoms with Gasteiger partial charge in [-0.15, -0.1) is 0 Å². The Bertz CT molecular complexity index is 304. The van der Waals surface area contributed by atoms with E-state index in [0.717, 1.165) is 11.5 Å². The van der Waals surface area contributed by atoms with Gasteiger partial charge in [-0.2, -0.15) is 11.8 Å². The molecule has 90 valence electrons. The van der Waals surface area contributed by atoms with E-state index in [1.165, 1.54) is 17.7 Å². The molecule has 0 radical (unpaired) electrons. The van der Waals surface area contributed by atoms with E-state index in [1.807, 2.05) is 30.9 Å². The van der Waals surface area contributed by atoms with Gasteiger partial charge in [0.05, 0.1) is 7.11 Å². The van der Waals surface area contributed by atoms with E-state index in [1.54, 1.807) is 7.11 Å². The first kappa shape index (κ1) is 13.4. The van der Waals surface area contributed by atoms with Gasteiger partial charge in [0.2, 0.25) is 0 Å². The molecule has 16 heavy (non-hydrogen) atoms. The van der Waals surface area contributed by atoms with Crippen molar-refractivity contribution >= 4 is 11.8 Å². The van der Waals surface area contributed by atoms with E-state index in [2.05, 4.69) is 24.4 Å². The molecule has 3 heteroatoms. The minimum atomic E-state index is 0.409. The third-order valence-electron chi connectivity index (χ3n) is 2.48. The van der Waals surface area contributed by atoms with Crippen LogP contribution in [0.4, 0.5) is 0 Å². The summed E-state index contributed by atoms with van der Waals surface area (Å²) in [5.74, 6) is 3.26. The number of thioether (sulfide) groups is 1. The zero-order valence-corrected chi connectivity index (χ0v) is 11.1. The van der Waals surface area contributed by atoms with Gasteiger partial charge >= 0.3 is 0 Å². The number of rotatable bonds is 7. The van der Waals surface area contributed by atoms with Crippen molar-refractivity contribution in [3.05, 3.63) is 29.8 Å². The summed E-state index contributed by atoms with van der Waals surface area (Å²) < 4.78 is 5.24. The van der Waals surface area contributed by atoms with Crippen LogP contribution in [0, 0.1) is 0 Å². The number of hydrogen-bond donors (Lipinski definition) is 1. The number of nitrogens with one attached hydrogen (secondary N) is 1. The van der Waals surface area contributed by atoms with E-state index in [-0.39, 0.29) is 0 Å². The highest BCUT2D eigenvalue weighted by molar-refractivity contribution is 7.99. The first-order chi connectivity index (χ1) is 7.81. The van der Waals surface area contributed by atoms with E-state index in [9.17, 15) is 0 Å². The van der Waals surface area contributed by atoms with Crippen molar-refractivity contribution < 1.29 is 4.74 Å². The summed E-state index contributed by atoms with van der Waals surface area (Å²) in [6.45, 7) is 2.22. The maximum Gasteiger partial charge on any atom is 0.119 e. The van der Waals surface area contributed by atoms with E-state index in [0.29, 0.717) is 6.04 Å². The molecule has 1 N–H and O–H groups in total. The fourth-order valence-corrected chi connectivity index (χ4v) is 2.60. The molecule has 0 spiro atoms. The molecule has 0 aliphatic carbocycles. The van der Waals surface area contributed by atoms with Crippen LogP contribution in [-0.2, 0) is 0 Å². The monoisotopic (exact) mass is 239 g/mol. The van der Waals surface area contributed by atoms with Gasteiger partial charge in [0.1, 0.15) is 5.75 Å². The molecule has 2 nitrogen and oxygen atoms in total. The standard InChI is InChI=1S/C13H21NOS/c1-4-8-16-10-13(14-2)11-6-5-7-12(9-11)15-3/h5-7,9,13-14H,4,8,10H2,1-3H3. The lowest BCUT2D eigenvalue weighted by Gasteiger charge is -2.16. The van der Waals surface area contributed by atoms with Crippen molar-refractivity contribution in [3.8, 4) is 5.75 Å². The van der Waals surface area contributed by atoms with Crippen molar-refractivity contribution in [3.63, 3.8) is 0 Å². The molecule has 0 aliphatic heterocycles. The Morgan fingerprint density at radius 2 is 2.25 bits per heavy atom. The van der Waals surface area contributed by atoms with Crippen LogP contribution in [0.1, 0.15) is 24.9 Å². The molecule has 0 saturated heterocycles. The average molecular weight is 239 g/mol. The normalized spacial score (nSPS) is 12.4. The maximum absolute atomic E-state index is 5.24. The van der Waals surface area contributed by atoms with Gasteiger partial charge in [0.25, 0.3) is 0 Å². The molecule has 0 saturated carbocycles. The summed E-state index contributed by atoms with van der Waals surface area (Å²) in [7, 11) is 3.72. The zero-order valence-electron chi connectivity index (χ0n) is 10.3. The summed E-state index contributed by atoms with van der Waals surface area (Å²) in [5.41, 5.74) is 1.30. The number of methoxy groups -OCH3 is 1. The van der Waals surface area contributed by atoms with Gasteiger partial charge in [-0.25, -0.2) is 0 Å². The number of ether oxygens (including phenoxy) is 1. The first-order valence-corrected chi connectivity index (χ1v) is 6.86. The molecular formula is C13H21NOS. The Labute approximate surface area is 103 Å². The third-order valence-corrected chi connectivity index (χ3v) is 3.74. The highest BCUT2D eigenvalue weighted by atomic mass is 32.2. The molecule has 0 fully saturated rings. The maximum atomic E-state index is 5.24. The van der Waals surface area contributed by atoms with Gasteiger partial charge in [-0.1, -0.05) is 19.1 Å². The highest BCUT2D eigenvalue weighted by Gasteiger charge is 2.09. The van der Waals surface area contributed by atoms with Gasteiger partial charge in [-0.05, 0) is 36.9 Å². The van der Waals surface area contributed by atoms with Crippen LogP contribution in [0.2, 0.25) is 0 Å². The molecule has 1 unspecified atom stereocenters. The Balaban J connectivity index is 2.62. The summed E-state index contributed by atoms with van der Waals surface area (Å²) in [4.78, 5) is 0. The van der Waals surface area contributed by atoms with Crippen LogP contribution < -0.4 is 10.1 Å². The van der Waals surface area contributed by atoms with Crippen molar-refractivity contribution in [1.82, 2.24) is 5.32 Å². The van der Waals surface area contributed by atoms with Crippen LogP contribution >= 0.6 is 11.8 Å². The largest absolute Gasteiger partial charge is 0.497 e. The van der Waals surface area contributed by atoms with Crippen LogP contribution in [0.5, 0.6) is 5.75 Å². The lowest BCUT2D eigenvalue weighted by Crippen LogP contribution is -2.18. The molecule has 0 bridgehead atoms. The van der Waals surface area contributed by atoms with Crippen molar-refractivity contribution in [2.45, 2.75) is 19.4 Å². The van der Waals surface area contributed by atoms with E-state index < -0.39 is 0 Å². The van der Waals surface area contributed by atoms with Gasteiger partial charge < -0.3 is 10.1 Å². The molecule has 0 aliphatic rings. The molecule has 1 aromatic carbocycles. The molecule has 1 aromatic rings. The average Bonchev–Trinajstić information content (AvgIpc) is 2.35. The number of hydrogen-bond acceptors (Lipinski definition) is 3. The number of benzene rings is 1. The van der Waals surface area contributed by atoms with Crippen molar-refractivity contribution in [2.75, 3.05) is 25.7 Å². The Morgan fingerprint density at radius 1 is 1.44 bits per heavy atom. The fraction of sp³-hybridized carbons (Fsp3) is 0.538. The minimum Gasteiger partial charge on any atom is -0.497 e. The summed E-state index contributed by atoms with van der Waals surface area (Å²) >= 11 is 1.99. The molecule has 0 heterocycles. The molecule has 1 atom stereocenters. The SMILES string of the molecule is CCCSCC(NC)c1cccc(OC)c1. The zero-order chi connectivity index (χ0) is 11.8. The minimum absolute atomic E-state index is 0.409. The van der Waals surface area contributed by atoms with Crippen LogP contribution in [0.25, 0.3) is 0 Å². The fourth-order valence-electron chi connectivity index (χ4n) is 1.55. The second-order valence-electron chi connectivity index (χ2n) is 3.69. The molecule has 0 aromatic heterocycles. The molecular weight excluding hydrogens is 218 g/mol. The first-order valence-electron chi connectivity index (χ1n) is 5.70.